The smallest absolute Gasteiger partial charge is 0.342 e. The summed E-state index contributed by atoms with van der Waals surface area (Å²) in [6.45, 7) is 3.62. The van der Waals surface area contributed by atoms with Gasteiger partial charge in [-0.3, -0.25) is 10.1 Å². The minimum atomic E-state index is -1.38. The first-order chi connectivity index (χ1) is 9.86. The number of carbonyl (C=O) groups is 1. The second-order valence-corrected chi connectivity index (χ2v) is 5.12. The Balaban J connectivity index is 2.39. The highest BCUT2D eigenvalue weighted by Gasteiger charge is 2.21. The van der Waals surface area contributed by atoms with Crippen molar-refractivity contribution in [2.75, 3.05) is 0 Å². The topological polar surface area (TPSA) is 119 Å². The van der Waals surface area contributed by atoms with Crippen molar-refractivity contribution in [2.45, 2.75) is 24.0 Å². The third-order valence-corrected chi connectivity index (χ3v) is 3.24. The molecule has 9 heteroatoms. The van der Waals surface area contributed by atoms with Gasteiger partial charge in [0.25, 0.3) is 0 Å². The summed E-state index contributed by atoms with van der Waals surface area (Å²) in [7, 11) is 0. The number of carboxylic acid groups (broad SMARTS) is 1. The number of aryl methyl sites for hydroxylation is 2. The molecule has 0 amide bonds. The Morgan fingerprint density at radius 1 is 1.29 bits per heavy atom. The second kappa shape index (κ2) is 5.83. The van der Waals surface area contributed by atoms with E-state index in [0.717, 1.165) is 35.4 Å². The first-order valence-corrected chi connectivity index (χ1v) is 6.56. The maximum atomic E-state index is 11.1. The quantitative estimate of drug-likeness (QED) is 0.519. The van der Waals surface area contributed by atoms with Crippen LogP contribution in [0.1, 0.15) is 21.7 Å². The Labute approximate surface area is 123 Å². The molecule has 1 N–H and O–H groups in total. The van der Waals surface area contributed by atoms with Gasteiger partial charge in [0.05, 0.1) is 4.92 Å². The molecule has 0 aliphatic heterocycles. The van der Waals surface area contributed by atoms with Crippen LogP contribution in [0.4, 0.5) is 5.69 Å². The molecule has 2 aromatic heterocycles. The molecular formula is C12H10N4O4S. The lowest BCUT2D eigenvalue weighted by Crippen LogP contribution is -2.04. The number of hydrogen-bond acceptors (Lipinski definition) is 7. The fourth-order valence-corrected chi connectivity index (χ4v) is 2.48. The van der Waals surface area contributed by atoms with Gasteiger partial charge in [-0.2, -0.15) is 0 Å². The van der Waals surface area contributed by atoms with Crippen molar-refractivity contribution in [1.29, 1.82) is 0 Å². The van der Waals surface area contributed by atoms with Crippen LogP contribution in [0, 0.1) is 24.0 Å². The van der Waals surface area contributed by atoms with Gasteiger partial charge < -0.3 is 5.11 Å². The van der Waals surface area contributed by atoms with Crippen LogP contribution in [0.2, 0.25) is 0 Å². The van der Waals surface area contributed by atoms with Gasteiger partial charge in [0, 0.05) is 11.4 Å². The number of hydrogen-bond donors (Lipinski definition) is 1. The van der Waals surface area contributed by atoms with Crippen LogP contribution < -0.4 is 0 Å². The highest BCUT2D eigenvalue weighted by molar-refractivity contribution is 7.99. The predicted molar refractivity (Wildman–Crippen MR) is 73.5 cm³/mol. The summed E-state index contributed by atoms with van der Waals surface area (Å²) in [4.78, 5) is 33.3. The molecule has 0 saturated carbocycles. The van der Waals surface area contributed by atoms with Gasteiger partial charge in [-0.25, -0.2) is 19.7 Å². The van der Waals surface area contributed by atoms with Crippen molar-refractivity contribution in [3.8, 4) is 0 Å². The molecule has 2 aromatic rings. The predicted octanol–water partition coefficient (Wildman–Crippen LogP) is 2.25. The lowest BCUT2D eigenvalue weighted by atomic mass is 10.2. The van der Waals surface area contributed by atoms with Crippen molar-refractivity contribution >= 4 is 23.4 Å². The van der Waals surface area contributed by atoms with E-state index in [-0.39, 0.29) is 5.03 Å². The van der Waals surface area contributed by atoms with E-state index in [1.165, 1.54) is 0 Å². The summed E-state index contributed by atoms with van der Waals surface area (Å²) < 4.78 is 0. The van der Waals surface area contributed by atoms with Gasteiger partial charge in [0.2, 0.25) is 0 Å². The number of nitro groups is 1. The van der Waals surface area contributed by atoms with E-state index in [2.05, 4.69) is 15.0 Å². The number of pyridine rings is 1. The van der Waals surface area contributed by atoms with Crippen molar-refractivity contribution in [3.05, 3.63) is 45.4 Å². The van der Waals surface area contributed by atoms with Gasteiger partial charge in [0.1, 0.15) is 16.8 Å². The molecule has 0 unspecified atom stereocenters. The summed E-state index contributed by atoms with van der Waals surface area (Å²) in [5.74, 6) is -1.38. The standard InChI is InChI=1S/C12H10N4O4S/c1-6-3-7(2)15-12(14-6)21-10-4-8(11(17)18)9(5-13-10)16(19)20/h3-5H,1-2H3,(H,17,18). The zero-order valence-corrected chi connectivity index (χ0v) is 11.9. The van der Waals surface area contributed by atoms with Gasteiger partial charge in [-0.1, -0.05) is 0 Å². The van der Waals surface area contributed by atoms with Crippen molar-refractivity contribution < 1.29 is 14.8 Å². The SMILES string of the molecule is Cc1cc(C)nc(Sc2cc(C(=O)O)c([N+](=O)[O-])cn2)n1. The fourth-order valence-electron chi connectivity index (χ4n) is 1.63. The molecule has 0 aliphatic rings. The summed E-state index contributed by atoms with van der Waals surface area (Å²) in [6.07, 6.45) is 0.925. The van der Waals surface area contributed by atoms with E-state index >= 15 is 0 Å². The molecule has 0 fully saturated rings. The van der Waals surface area contributed by atoms with Gasteiger partial charge in [-0.15, -0.1) is 0 Å². The molecule has 8 nitrogen and oxygen atoms in total. The van der Waals surface area contributed by atoms with E-state index in [0.29, 0.717) is 5.16 Å². The van der Waals surface area contributed by atoms with Gasteiger partial charge in [0.15, 0.2) is 5.16 Å². The highest BCUT2D eigenvalue weighted by atomic mass is 32.2. The van der Waals surface area contributed by atoms with Crippen molar-refractivity contribution in [1.82, 2.24) is 15.0 Å². The summed E-state index contributed by atoms with van der Waals surface area (Å²) in [5.41, 5.74) is 0.575. The number of rotatable bonds is 4. The van der Waals surface area contributed by atoms with Crippen LogP contribution >= 0.6 is 11.8 Å². The third kappa shape index (κ3) is 3.51. The molecule has 0 spiro atoms. The minimum Gasteiger partial charge on any atom is -0.477 e. The number of aromatic carboxylic acids is 1. The number of carboxylic acids is 1. The van der Waals surface area contributed by atoms with Crippen molar-refractivity contribution in [3.63, 3.8) is 0 Å². The fraction of sp³-hybridized carbons (Fsp3) is 0.167. The van der Waals surface area contributed by atoms with Crippen LogP contribution in [0.25, 0.3) is 0 Å². The normalized spacial score (nSPS) is 10.4. The van der Waals surface area contributed by atoms with Crippen molar-refractivity contribution in [2.24, 2.45) is 0 Å². The van der Waals surface area contributed by atoms with E-state index in [4.69, 9.17) is 5.11 Å². The monoisotopic (exact) mass is 306 g/mol. The first kappa shape index (κ1) is 14.9. The maximum absolute atomic E-state index is 11.1. The van der Waals surface area contributed by atoms with Crippen LogP contribution in [0.5, 0.6) is 0 Å². The Morgan fingerprint density at radius 2 is 1.90 bits per heavy atom. The van der Waals surface area contributed by atoms with E-state index < -0.39 is 22.1 Å². The second-order valence-electron chi connectivity index (χ2n) is 4.14. The molecule has 0 saturated heterocycles. The van der Waals surface area contributed by atoms with Crippen LogP contribution in [0.15, 0.2) is 28.5 Å². The average Bonchev–Trinajstić information content (AvgIpc) is 2.36. The minimum absolute atomic E-state index is 0.281. The summed E-state index contributed by atoms with van der Waals surface area (Å²) in [6, 6.07) is 2.95. The molecule has 2 heterocycles. The Bertz CT molecular complexity index is 715. The summed E-state index contributed by atoms with van der Waals surface area (Å²) >= 11 is 1.05. The number of nitrogens with zero attached hydrogens (tertiary/aromatic N) is 4. The highest BCUT2D eigenvalue weighted by Crippen LogP contribution is 2.27. The molecule has 21 heavy (non-hydrogen) atoms. The van der Waals surface area contributed by atoms with E-state index in [1.54, 1.807) is 6.07 Å². The Hall–Kier alpha value is -2.55. The first-order valence-electron chi connectivity index (χ1n) is 5.74. The van der Waals surface area contributed by atoms with E-state index in [1.807, 2.05) is 13.8 Å². The van der Waals surface area contributed by atoms with Crippen LogP contribution in [-0.2, 0) is 0 Å². The van der Waals surface area contributed by atoms with Crippen LogP contribution in [-0.4, -0.2) is 31.0 Å². The molecule has 0 aromatic carbocycles. The molecular weight excluding hydrogens is 296 g/mol. The largest absolute Gasteiger partial charge is 0.477 e. The molecule has 108 valence electrons. The van der Waals surface area contributed by atoms with Gasteiger partial charge in [-0.05, 0) is 37.7 Å². The molecule has 0 atom stereocenters. The summed E-state index contributed by atoms with van der Waals surface area (Å²) in [5, 5.41) is 20.5. The molecule has 2 rings (SSSR count). The van der Waals surface area contributed by atoms with Gasteiger partial charge >= 0.3 is 11.7 Å². The maximum Gasteiger partial charge on any atom is 0.342 e. The molecule has 0 aliphatic carbocycles. The Kier molecular flexibility index (Phi) is 4.13. The zero-order valence-electron chi connectivity index (χ0n) is 11.1. The van der Waals surface area contributed by atoms with Crippen LogP contribution in [0.3, 0.4) is 0 Å². The molecule has 0 radical (unpaired) electrons. The lowest BCUT2D eigenvalue weighted by Gasteiger charge is -2.03. The van der Waals surface area contributed by atoms with E-state index in [9.17, 15) is 14.9 Å². The zero-order chi connectivity index (χ0) is 15.6. The Morgan fingerprint density at radius 3 is 2.43 bits per heavy atom. The number of aromatic nitrogens is 3. The lowest BCUT2D eigenvalue weighted by molar-refractivity contribution is -0.385. The third-order valence-electron chi connectivity index (χ3n) is 2.44. The average molecular weight is 306 g/mol. The molecule has 0 bridgehead atoms.